The average molecular weight is 463 g/mol. The fourth-order valence-electron chi connectivity index (χ4n) is 4.61. The fourth-order valence-corrected chi connectivity index (χ4v) is 4.61. The number of benzene rings is 2. The fraction of sp³-hybridized carbons (Fsp3) is 0.148. The quantitative estimate of drug-likeness (QED) is 0.395. The lowest BCUT2D eigenvalue weighted by Gasteiger charge is -2.12. The zero-order valence-corrected chi connectivity index (χ0v) is 19.6. The van der Waals surface area contributed by atoms with Crippen molar-refractivity contribution in [3.05, 3.63) is 78.2 Å². The lowest BCUT2D eigenvalue weighted by Crippen LogP contribution is -2.17. The molecule has 0 N–H and O–H groups in total. The molecule has 0 bridgehead atoms. The second-order valence-corrected chi connectivity index (χ2v) is 8.59. The monoisotopic (exact) mass is 462 g/mol. The number of hydrogen-bond donors (Lipinski definition) is 0. The normalized spacial score (nSPS) is 12.9. The molecule has 172 valence electrons. The first kappa shape index (κ1) is 21.0. The Morgan fingerprint density at radius 1 is 0.886 bits per heavy atom. The number of ether oxygens (including phenoxy) is 1. The van der Waals surface area contributed by atoms with E-state index in [0.717, 1.165) is 33.5 Å². The van der Waals surface area contributed by atoms with Gasteiger partial charge in [-0.15, -0.1) is 0 Å². The first-order valence-corrected chi connectivity index (χ1v) is 11.2. The van der Waals surface area contributed by atoms with Gasteiger partial charge in [-0.25, -0.2) is 15.0 Å². The van der Waals surface area contributed by atoms with Gasteiger partial charge in [0, 0.05) is 55.2 Å². The molecule has 35 heavy (non-hydrogen) atoms. The molecule has 0 spiro atoms. The first-order chi connectivity index (χ1) is 17.0. The number of nitrogens with zero attached hydrogens (tertiary/aromatic N) is 6. The molecule has 4 heterocycles. The van der Waals surface area contributed by atoms with Gasteiger partial charge >= 0.3 is 0 Å². The molecule has 0 saturated heterocycles. The van der Waals surface area contributed by atoms with Gasteiger partial charge in [-0.2, -0.15) is 5.10 Å². The summed E-state index contributed by atoms with van der Waals surface area (Å²) in [5, 5.41) is 4.70. The molecule has 8 nitrogen and oxygen atoms in total. The van der Waals surface area contributed by atoms with Crippen LogP contribution < -0.4 is 4.74 Å². The van der Waals surface area contributed by atoms with E-state index >= 15 is 0 Å². The minimum Gasteiger partial charge on any atom is -0.494 e. The van der Waals surface area contributed by atoms with Crippen molar-refractivity contribution < 1.29 is 9.53 Å². The predicted octanol–water partition coefficient (Wildman–Crippen LogP) is 4.35. The van der Waals surface area contributed by atoms with Gasteiger partial charge in [-0.3, -0.25) is 9.48 Å². The molecule has 0 aliphatic carbocycles. The van der Waals surface area contributed by atoms with Crippen molar-refractivity contribution in [3.63, 3.8) is 0 Å². The maximum absolute atomic E-state index is 12.4. The molecular formula is C27H22N6O2. The smallest absolute Gasteiger partial charge is 0.254 e. The van der Waals surface area contributed by atoms with E-state index in [2.05, 4.69) is 9.97 Å². The standard InChI is InChI=1S/C27H22N6O2/c1-32-13-18-11-17(9-10-19(18)27(32)34)24-22(35-3)12-21-26(30-24)25(29-15-28-21)20-14-33(2)31-23(20)16-7-5-4-6-8-16/h4-12,14-15H,13H2,1-3H3. The molecule has 1 amide bonds. The molecule has 8 heteroatoms. The number of pyridine rings is 1. The Morgan fingerprint density at radius 2 is 1.71 bits per heavy atom. The van der Waals surface area contributed by atoms with E-state index in [1.807, 2.05) is 67.8 Å². The number of carbonyl (C=O) groups excluding carboxylic acids is 1. The van der Waals surface area contributed by atoms with Crippen LogP contribution in [0.25, 0.3) is 44.8 Å². The van der Waals surface area contributed by atoms with Gasteiger partial charge in [0.25, 0.3) is 5.91 Å². The number of rotatable bonds is 4. The van der Waals surface area contributed by atoms with Crippen LogP contribution in [0.2, 0.25) is 0 Å². The van der Waals surface area contributed by atoms with Crippen molar-refractivity contribution in [1.82, 2.24) is 29.6 Å². The molecule has 0 radical (unpaired) electrons. The molecule has 0 unspecified atom stereocenters. The molecule has 2 aromatic carbocycles. The van der Waals surface area contributed by atoms with E-state index in [-0.39, 0.29) is 5.91 Å². The summed E-state index contributed by atoms with van der Waals surface area (Å²) < 4.78 is 7.48. The molecule has 0 atom stereocenters. The van der Waals surface area contributed by atoms with Crippen molar-refractivity contribution in [3.8, 4) is 39.5 Å². The van der Waals surface area contributed by atoms with Crippen molar-refractivity contribution in [2.45, 2.75) is 6.54 Å². The number of carbonyl (C=O) groups is 1. The van der Waals surface area contributed by atoms with E-state index < -0.39 is 0 Å². The van der Waals surface area contributed by atoms with Gasteiger partial charge in [0.15, 0.2) is 0 Å². The summed E-state index contributed by atoms with van der Waals surface area (Å²) in [4.78, 5) is 28.2. The Kier molecular flexibility index (Phi) is 4.81. The van der Waals surface area contributed by atoms with Crippen LogP contribution >= 0.6 is 0 Å². The third kappa shape index (κ3) is 3.42. The number of amides is 1. The molecule has 0 saturated carbocycles. The molecule has 1 aliphatic heterocycles. The Hall–Kier alpha value is -4.59. The van der Waals surface area contributed by atoms with Crippen molar-refractivity contribution in [1.29, 1.82) is 0 Å². The lowest BCUT2D eigenvalue weighted by molar-refractivity contribution is 0.0816. The molecule has 0 fully saturated rings. The van der Waals surface area contributed by atoms with Crippen LogP contribution in [-0.2, 0) is 13.6 Å². The largest absolute Gasteiger partial charge is 0.494 e. The molecule has 6 rings (SSSR count). The molecule has 3 aromatic heterocycles. The van der Waals surface area contributed by atoms with Crippen molar-refractivity contribution in [2.24, 2.45) is 7.05 Å². The summed E-state index contributed by atoms with van der Waals surface area (Å²) in [6, 6.07) is 17.7. The maximum Gasteiger partial charge on any atom is 0.254 e. The van der Waals surface area contributed by atoms with E-state index in [0.29, 0.717) is 34.7 Å². The summed E-state index contributed by atoms with van der Waals surface area (Å²) in [6.45, 7) is 0.572. The zero-order valence-electron chi connectivity index (χ0n) is 19.6. The summed E-state index contributed by atoms with van der Waals surface area (Å²) in [6.07, 6.45) is 3.49. The lowest BCUT2D eigenvalue weighted by atomic mass is 10.0. The molecular weight excluding hydrogens is 440 g/mol. The van der Waals surface area contributed by atoms with Crippen LogP contribution in [0, 0.1) is 0 Å². The highest BCUT2D eigenvalue weighted by Gasteiger charge is 2.26. The van der Waals surface area contributed by atoms with Gasteiger partial charge in [0.05, 0.1) is 12.6 Å². The van der Waals surface area contributed by atoms with Crippen LogP contribution in [0.5, 0.6) is 5.75 Å². The van der Waals surface area contributed by atoms with Gasteiger partial charge in [0.1, 0.15) is 34.7 Å². The van der Waals surface area contributed by atoms with Crippen LogP contribution in [0.1, 0.15) is 15.9 Å². The van der Waals surface area contributed by atoms with Gasteiger partial charge in [0.2, 0.25) is 0 Å². The van der Waals surface area contributed by atoms with Gasteiger partial charge < -0.3 is 9.64 Å². The second kappa shape index (κ2) is 8.02. The minimum atomic E-state index is 0.0330. The topological polar surface area (TPSA) is 86.0 Å². The third-order valence-electron chi connectivity index (χ3n) is 6.29. The van der Waals surface area contributed by atoms with E-state index in [9.17, 15) is 4.79 Å². The Labute approximate surface area is 201 Å². The number of aryl methyl sites for hydroxylation is 1. The highest BCUT2D eigenvalue weighted by Crippen LogP contribution is 2.37. The van der Waals surface area contributed by atoms with Crippen molar-refractivity contribution >= 4 is 16.9 Å². The number of methoxy groups -OCH3 is 1. The van der Waals surface area contributed by atoms with E-state index in [1.54, 1.807) is 23.7 Å². The number of hydrogen-bond acceptors (Lipinski definition) is 6. The van der Waals surface area contributed by atoms with E-state index in [4.69, 9.17) is 14.8 Å². The molecule has 5 aromatic rings. The highest BCUT2D eigenvalue weighted by molar-refractivity contribution is 5.99. The Morgan fingerprint density at radius 3 is 2.51 bits per heavy atom. The zero-order chi connectivity index (χ0) is 24.1. The van der Waals surface area contributed by atoms with Gasteiger partial charge in [-0.1, -0.05) is 36.4 Å². The SMILES string of the molecule is COc1cc2ncnc(-c3cn(C)nc3-c3ccccc3)c2nc1-c1ccc2c(c1)CN(C)C2=O. The average Bonchev–Trinajstić information content (AvgIpc) is 3.41. The summed E-state index contributed by atoms with van der Waals surface area (Å²) in [7, 11) is 5.32. The summed E-state index contributed by atoms with van der Waals surface area (Å²) in [5.74, 6) is 0.639. The minimum absolute atomic E-state index is 0.0330. The third-order valence-corrected chi connectivity index (χ3v) is 6.29. The van der Waals surface area contributed by atoms with Crippen molar-refractivity contribution in [2.75, 3.05) is 14.2 Å². The second-order valence-electron chi connectivity index (χ2n) is 8.59. The summed E-state index contributed by atoms with van der Waals surface area (Å²) in [5.41, 5.74) is 7.96. The van der Waals surface area contributed by atoms with Gasteiger partial charge in [-0.05, 0) is 17.7 Å². The predicted molar refractivity (Wildman–Crippen MR) is 133 cm³/mol. The number of aromatic nitrogens is 5. The maximum atomic E-state index is 12.4. The Bertz CT molecular complexity index is 1610. The number of fused-ring (bicyclic) bond motifs is 2. The van der Waals surface area contributed by atoms with Crippen LogP contribution in [0.4, 0.5) is 0 Å². The summed E-state index contributed by atoms with van der Waals surface area (Å²) >= 11 is 0. The first-order valence-electron chi connectivity index (χ1n) is 11.2. The van der Waals surface area contributed by atoms with Crippen LogP contribution in [0.3, 0.4) is 0 Å². The highest BCUT2D eigenvalue weighted by atomic mass is 16.5. The Balaban J connectivity index is 1.56. The van der Waals surface area contributed by atoms with Crippen LogP contribution in [-0.4, -0.2) is 49.7 Å². The molecule has 1 aliphatic rings. The van der Waals surface area contributed by atoms with Crippen LogP contribution in [0.15, 0.2) is 67.1 Å². The van der Waals surface area contributed by atoms with E-state index in [1.165, 1.54) is 6.33 Å².